The van der Waals surface area contributed by atoms with Crippen LogP contribution in [0.3, 0.4) is 0 Å². The largest absolute Gasteiger partial charge is 0.467 e. The fraction of sp³-hybridized carbons (Fsp3) is 0.263. The summed E-state index contributed by atoms with van der Waals surface area (Å²) in [6.45, 7) is 0. The lowest BCUT2D eigenvalue weighted by Crippen LogP contribution is -2.42. The van der Waals surface area contributed by atoms with E-state index in [0.29, 0.717) is 17.5 Å². The molecule has 1 amide bonds. The average Bonchev–Trinajstić information content (AvgIpc) is 2.99. The van der Waals surface area contributed by atoms with Crippen LogP contribution >= 0.6 is 0 Å². The molecule has 0 aromatic heterocycles. The SMILES string of the molecule is COC(=O)[C@@H]1CCC(=O)N1C(c1ccc(F)cc1)c1ccc(F)cc1. The number of hydrogen-bond donors (Lipinski definition) is 0. The molecule has 0 unspecified atom stereocenters. The van der Waals surface area contributed by atoms with E-state index in [-0.39, 0.29) is 12.3 Å². The van der Waals surface area contributed by atoms with Gasteiger partial charge in [-0.3, -0.25) is 4.79 Å². The second kappa shape index (κ2) is 7.01. The van der Waals surface area contributed by atoms with Crippen molar-refractivity contribution in [2.75, 3.05) is 7.11 Å². The first-order chi connectivity index (χ1) is 12.0. The van der Waals surface area contributed by atoms with E-state index in [1.54, 1.807) is 24.3 Å². The van der Waals surface area contributed by atoms with E-state index in [9.17, 15) is 18.4 Å². The van der Waals surface area contributed by atoms with Gasteiger partial charge in [0.25, 0.3) is 0 Å². The lowest BCUT2D eigenvalue weighted by atomic mass is 9.96. The van der Waals surface area contributed by atoms with Crippen molar-refractivity contribution in [3.05, 3.63) is 71.3 Å². The molecule has 0 bridgehead atoms. The van der Waals surface area contributed by atoms with Gasteiger partial charge in [-0.15, -0.1) is 0 Å². The van der Waals surface area contributed by atoms with E-state index in [0.717, 1.165) is 0 Å². The maximum Gasteiger partial charge on any atom is 0.328 e. The van der Waals surface area contributed by atoms with E-state index in [4.69, 9.17) is 4.74 Å². The van der Waals surface area contributed by atoms with E-state index < -0.39 is 29.7 Å². The zero-order valence-electron chi connectivity index (χ0n) is 13.6. The third-order valence-electron chi connectivity index (χ3n) is 4.38. The molecule has 0 saturated carbocycles. The molecule has 6 heteroatoms. The molecule has 0 aliphatic carbocycles. The van der Waals surface area contributed by atoms with Gasteiger partial charge in [0, 0.05) is 6.42 Å². The summed E-state index contributed by atoms with van der Waals surface area (Å²) >= 11 is 0. The van der Waals surface area contributed by atoms with Crippen LogP contribution in [0.15, 0.2) is 48.5 Å². The predicted octanol–water partition coefficient (Wildman–Crippen LogP) is 3.22. The Kier molecular flexibility index (Phi) is 4.79. The minimum absolute atomic E-state index is 0.200. The molecule has 1 atom stereocenters. The fourth-order valence-electron chi connectivity index (χ4n) is 3.20. The molecular weight excluding hydrogens is 328 g/mol. The van der Waals surface area contributed by atoms with Crippen LogP contribution in [0.5, 0.6) is 0 Å². The number of carbonyl (C=O) groups is 2. The second-order valence-electron chi connectivity index (χ2n) is 5.88. The number of benzene rings is 2. The Hall–Kier alpha value is -2.76. The minimum atomic E-state index is -0.724. The van der Waals surface area contributed by atoms with Gasteiger partial charge in [-0.1, -0.05) is 24.3 Å². The van der Waals surface area contributed by atoms with Crippen LogP contribution < -0.4 is 0 Å². The van der Waals surface area contributed by atoms with Crippen molar-refractivity contribution in [1.82, 2.24) is 4.90 Å². The molecular formula is C19H17F2NO3. The number of methoxy groups -OCH3 is 1. The lowest BCUT2D eigenvalue weighted by molar-refractivity contribution is -0.150. The minimum Gasteiger partial charge on any atom is -0.467 e. The van der Waals surface area contributed by atoms with Gasteiger partial charge in [-0.25, -0.2) is 13.6 Å². The van der Waals surface area contributed by atoms with Gasteiger partial charge in [0.15, 0.2) is 0 Å². The zero-order chi connectivity index (χ0) is 18.0. The average molecular weight is 345 g/mol. The summed E-state index contributed by atoms with van der Waals surface area (Å²) in [6, 6.07) is 10.1. The van der Waals surface area contributed by atoms with E-state index >= 15 is 0 Å². The molecule has 0 N–H and O–H groups in total. The Balaban J connectivity index is 2.09. The normalized spacial score (nSPS) is 17.2. The van der Waals surface area contributed by atoms with Gasteiger partial charge in [-0.05, 0) is 41.8 Å². The molecule has 0 radical (unpaired) electrons. The van der Waals surface area contributed by atoms with Crippen LogP contribution in [0.4, 0.5) is 8.78 Å². The molecule has 1 aliphatic heterocycles. The van der Waals surface area contributed by atoms with Crippen LogP contribution in [0.25, 0.3) is 0 Å². The third kappa shape index (κ3) is 3.38. The Bertz CT molecular complexity index is 729. The molecule has 1 saturated heterocycles. The monoisotopic (exact) mass is 345 g/mol. The van der Waals surface area contributed by atoms with Crippen LogP contribution in [0.1, 0.15) is 30.0 Å². The highest BCUT2D eigenvalue weighted by atomic mass is 19.1. The van der Waals surface area contributed by atoms with Crippen LogP contribution in [-0.4, -0.2) is 29.9 Å². The van der Waals surface area contributed by atoms with Gasteiger partial charge in [0.2, 0.25) is 5.91 Å². The first-order valence-electron chi connectivity index (χ1n) is 7.91. The molecule has 130 valence electrons. The maximum atomic E-state index is 13.3. The molecule has 2 aromatic rings. The number of halogens is 2. The van der Waals surface area contributed by atoms with Crippen molar-refractivity contribution in [2.24, 2.45) is 0 Å². The quantitative estimate of drug-likeness (QED) is 0.800. The van der Waals surface area contributed by atoms with Crippen LogP contribution in [-0.2, 0) is 14.3 Å². The highest BCUT2D eigenvalue weighted by Crippen LogP contribution is 2.36. The van der Waals surface area contributed by atoms with E-state index in [1.165, 1.54) is 36.3 Å². The summed E-state index contributed by atoms with van der Waals surface area (Å²) in [5.74, 6) is -1.51. The lowest BCUT2D eigenvalue weighted by Gasteiger charge is -2.32. The predicted molar refractivity (Wildman–Crippen MR) is 86.5 cm³/mol. The number of ether oxygens (including phenoxy) is 1. The van der Waals surface area contributed by atoms with E-state index in [1.807, 2.05) is 0 Å². The summed E-state index contributed by atoms with van der Waals surface area (Å²) in [5, 5.41) is 0. The van der Waals surface area contributed by atoms with Crippen molar-refractivity contribution in [2.45, 2.75) is 24.9 Å². The standard InChI is InChI=1S/C19H17F2NO3/c1-25-19(24)16-10-11-17(23)22(16)18(12-2-6-14(20)7-3-12)13-4-8-15(21)9-5-13/h2-9,16,18H,10-11H2,1H3/t16-/m0/s1. The third-order valence-corrected chi connectivity index (χ3v) is 4.38. The molecule has 3 rings (SSSR count). The number of nitrogens with zero attached hydrogens (tertiary/aromatic N) is 1. The summed E-state index contributed by atoms with van der Waals surface area (Å²) in [5.41, 5.74) is 1.27. The fourth-order valence-corrected chi connectivity index (χ4v) is 3.20. The molecule has 4 nitrogen and oxygen atoms in total. The Morgan fingerprint density at radius 3 is 1.96 bits per heavy atom. The maximum absolute atomic E-state index is 13.3. The van der Waals surface area contributed by atoms with Crippen LogP contribution in [0.2, 0.25) is 0 Å². The molecule has 1 fully saturated rings. The van der Waals surface area contributed by atoms with Gasteiger partial charge < -0.3 is 9.64 Å². The zero-order valence-corrected chi connectivity index (χ0v) is 13.6. The topological polar surface area (TPSA) is 46.6 Å². The summed E-state index contributed by atoms with van der Waals surface area (Å²) < 4.78 is 31.4. The molecule has 1 heterocycles. The number of amides is 1. The van der Waals surface area contributed by atoms with Gasteiger partial charge in [-0.2, -0.15) is 0 Å². The number of carbonyl (C=O) groups excluding carboxylic acids is 2. The van der Waals surface area contributed by atoms with Crippen molar-refractivity contribution in [3.63, 3.8) is 0 Å². The van der Waals surface area contributed by atoms with Crippen molar-refractivity contribution in [1.29, 1.82) is 0 Å². The summed E-state index contributed by atoms with van der Waals surface area (Å²) in [4.78, 5) is 26.1. The van der Waals surface area contributed by atoms with Crippen LogP contribution in [0, 0.1) is 11.6 Å². The van der Waals surface area contributed by atoms with Crippen molar-refractivity contribution in [3.8, 4) is 0 Å². The first kappa shape index (κ1) is 17.1. The van der Waals surface area contributed by atoms with Gasteiger partial charge >= 0.3 is 5.97 Å². The number of esters is 1. The summed E-state index contributed by atoms with van der Waals surface area (Å²) in [7, 11) is 1.27. The van der Waals surface area contributed by atoms with Gasteiger partial charge in [0.05, 0.1) is 13.2 Å². The van der Waals surface area contributed by atoms with Crippen molar-refractivity contribution >= 4 is 11.9 Å². The van der Waals surface area contributed by atoms with Gasteiger partial charge in [0.1, 0.15) is 17.7 Å². The summed E-state index contributed by atoms with van der Waals surface area (Å²) in [6.07, 6.45) is 0.572. The molecule has 1 aliphatic rings. The highest BCUT2D eigenvalue weighted by molar-refractivity contribution is 5.89. The Morgan fingerprint density at radius 1 is 1.04 bits per heavy atom. The second-order valence-corrected chi connectivity index (χ2v) is 5.88. The number of likely N-dealkylation sites (tertiary alicyclic amines) is 1. The molecule has 25 heavy (non-hydrogen) atoms. The number of rotatable bonds is 4. The first-order valence-corrected chi connectivity index (χ1v) is 7.91. The molecule has 0 spiro atoms. The molecule has 2 aromatic carbocycles. The smallest absolute Gasteiger partial charge is 0.328 e. The Morgan fingerprint density at radius 2 is 1.52 bits per heavy atom. The number of hydrogen-bond acceptors (Lipinski definition) is 3. The Labute approximate surface area is 144 Å². The van der Waals surface area contributed by atoms with E-state index in [2.05, 4.69) is 0 Å². The van der Waals surface area contributed by atoms with Crippen molar-refractivity contribution < 1.29 is 23.1 Å². The highest BCUT2D eigenvalue weighted by Gasteiger charge is 2.42.